The molecule has 0 aromatic rings. The van der Waals surface area contributed by atoms with Crippen molar-refractivity contribution in [2.45, 2.75) is 104 Å². The van der Waals surface area contributed by atoms with Gasteiger partial charge in [0.15, 0.2) is 0 Å². The highest BCUT2D eigenvalue weighted by atomic mass is 16.3. The first-order valence-electron chi connectivity index (χ1n) is 13.8. The van der Waals surface area contributed by atoms with Crippen LogP contribution < -0.4 is 10.2 Å². The van der Waals surface area contributed by atoms with E-state index in [0.29, 0.717) is 11.8 Å². The van der Waals surface area contributed by atoms with E-state index < -0.39 is 0 Å². The van der Waals surface area contributed by atoms with Gasteiger partial charge in [-0.2, -0.15) is 0 Å². The van der Waals surface area contributed by atoms with Gasteiger partial charge in [-0.1, -0.05) is 62.5 Å². The summed E-state index contributed by atoms with van der Waals surface area (Å²) in [6, 6.07) is -0.158. The lowest BCUT2D eigenvalue weighted by Crippen LogP contribution is -3.12. The van der Waals surface area contributed by atoms with Crippen LogP contribution in [0.25, 0.3) is 0 Å². The standard InChI is InChI=1S/C30H52N2O2/c1-28(27-33)31-29(34)21-15-12-10-8-6-4-5-7-9-11-13-16-22-30(2,3)23-17-20-26-32-24-18-14-19-25-32/h4-5,8-11,16,22,28,33H,6-7,12-15,17-21,23-27H2,1-3H3,(H,31,34)/p+1/b5-4-,10-8-,11-9-,22-16-/t28-/m1/s1. The van der Waals surface area contributed by atoms with Gasteiger partial charge in [-0.3, -0.25) is 4.79 Å². The quantitative estimate of drug-likeness (QED) is 0.187. The van der Waals surface area contributed by atoms with Gasteiger partial charge in [0, 0.05) is 12.5 Å². The molecule has 0 radical (unpaired) electrons. The molecule has 0 aliphatic carbocycles. The van der Waals surface area contributed by atoms with Crippen LogP contribution in [0.3, 0.4) is 0 Å². The number of likely N-dealkylation sites (tertiary alicyclic amines) is 1. The molecule has 1 aliphatic heterocycles. The number of hydrogen-bond donors (Lipinski definition) is 3. The van der Waals surface area contributed by atoms with Crippen LogP contribution >= 0.6 is 0 Å². The van der Waals surface area contributed by atoms with Crippen LogP contribution in [-0.2, 0) is 4.79 Å². The molecule has 3 N–H and O–H groups in total. The van der Waals surface area contributed by atoms with Crippen LogP contribution in [-0.4, -0.2) is 43.3 Å². The zero-order chi connectivity index (χ0) is 24.9. The Hall–Kier alpha value is -1.65. The second-order valence-electron chi connectivity index (χ2n) is 10.6. The molecule has 1 heterocycles. The third-order valence-electron chi connectivity index (χ3n) is 6.50. The first-order valence-corrected chi connectivity index (χ1v) is 13.8. The van der Waals surface area contributed by atoms with Crippen LogP contribution in [0.1, 0.15) is 97.8 Å². The third-order valence-corrected chi connectivity index (χ3v) is 6.50. The Labute approximate surface area is 210 Å². The minimum atomic E-state index is -0.158. The molecule has 1 amide bonds. The van der Waals surface area contributed by atoms with Crippen LogP contribution in [0.2, 0.25) is 0 Å². The van der Waals surface area contributed by atoms with Gasteiger partial charge in [0.25, 0.3) is 0 Å². The van der Waals surface area contributed by atoms with E-state index >= 15 is 0 Å². The summed E-state index contributed by atoms with van der Waals surface area (Å²) in [6.07, 6.45) is 31.4. The van der Waals surface area contributed by atoms with Gasteiger partial charge in [0.1, 0.15) is 0 Å². The smallest absolute Gasteiger partial charge is 0.220 e. The second kappa shape index (κ2) is 19.6. The summed E-state index contributed by atoms with van der Waals surface area (Å²) in [4.78, 5) is 13.4. The predicted octanol–water partition coefficient (Wildman–Crippen LogP) is 5.31. The number of allylic oxidation sites excluding steroid dienone is 8. The van der Waals surface area contributed by atoms with Gasteiger partial charge in [-0.05, 0) is 83.0 Å². The normalized spacial score (nSPS) is 16.9. The maximum absolute atomic E-state index is 11.6. The molecule has 1 aliphatic rings. The van der Waals surface area contributed by atoms with E-state index in [1.54, 1.807) is 6.92 Å². The third kappa shape index (κ3) is 17.8. The van der Waals surface area contributed by atoms with Crippen LogP contribution in [0.15, 0.2) is 48.6 Å². The Morgan fingerprint density at radius 2 is 1.53 bits per heavy atom. The van der Waals surface area contributed by atoms with E-state index in [2.05, 4.69) is 67.8 Å². The van der Waals surface area contributed by atoms with E-state index in [-0.39, 0.29) is 18.6 Å². The molecule has 4 heteroatoms. The fourth-order valence-corrected chi connectivity index (χ4v) is 4.34. The number of amides is 1. The fourth-order valence-electron chi connectivity index (χ4n) is 4.34. The Morgan fingerprint density at radius 1 is 0.912 bits per heavy atom. The molecule has 34 heavy (non-hydrogen) atoms. The molecule has 0 aromatic carbocycles. The van der Waals surface area contributed by atoms with E-state index in [4.69, 9.17) is 5.11 Å². The Bertz CT molecular complexity index is 628. The van der Waals surface area contributed by atoms with Crippen molar-refractivity contribution in [2.75, 3.05) is 26.2 Å². The average Bonchev–Trinajstić information content (AvgIpc) is 2.82. The summed E-state index contributed by atoms with van der Waals surface area (Å²) in [5.74, 6) is 0.0177. The van der Waals surface area contributed by atoms with Gasteiger partial charge < -0.3 is 15.3 Å². The Balaban J connectivity index is 2.01. The van der Waals surface area contributed by atoms with Crippen molar-refractivity contribution in [1.82, 2.24) is 5.32 Å². The molecular formula is C30H53N2O2+. The van der Waals surface area contributed by atoms with Crippen LogP contribution in [0, 0.1) is 5.41 Å². The van der Waals surface area contributed by atoms with Crippen molar-refractivity contribution in [1.29, 1.82) is 0 Å². The first-order chi connectivity index (χ1) is 16.4. The molecule has 4 nitrogen and oxygen atoms in total. The van der Waals surface area contributed by atoms with E-state index in [9.17, 15) is 4.79 Å². The van der Waals surface area contributed by atoms with Crippen LogP contribution in [0.5, 0.6) is 0 Å². The largest absolute Gasteiger partial charge is 0.394 e. The molecule has 0 unspecified atom stereocenters. The maximum Gasteiger partial charge on any atom is 0.220 e. The number of nitrogens with one attached hydrogen (secondary N) is 2. The number of carbonyl (C=O) groups is 1. The lowest BCUT2D eigenvalue weighted by atomic mass is 9.86. The number of hydrogen-bond acceptors (Lipinski definition) is 2. The minimum Gasteiger partial charge on any atom is -0.394 e. The molecule has 1 rings (SSSR count). The summed E-state index contributed by atoms with van der Waals surface area (Å²) in [6.45, 7) is 10.7. The van der Waals surface area contributed by atoms with Crippen LogP contribution in [0.4, 0.5) is 0 Å². The molecule has 1 atom stereocenters. The van der Waals surface area contributed by atoms with Crippen molar-refractivity contribution in [3.05, 3.63) is 48.6 Å². The molecule has 194 valence electrons. The maximum atomic E-state index is 11.6. The van der Waals surface area contributed by atoms with Crippen molar-refractivity contribution in [2.24, 2.45) is 5.41 Å². The highest BCUT2D eigenvalue weighted by molar-refractivity contribution is 5.76. The van der Waals surface area contributed by atoms with Crippen molar-refractivity contribution in [3.8, 4) is 0 Å². The zero-order valence-electron chi connectivity index (χ0n) is 22.4. The lowest BCUT2D eigenvalue weighted by molar-refractivity contribution is -0.905. The number of piperidine rings is 1. The van der Waals surface area contributed by atoms with Gasteiger partial charge in [0.2, 0.25) is 5.91 Å². The van der Waals surface area contributed by atoms with Gasteiger partial charge in [-0.15, -0.1) is 0 Å². The number of rotatable bonds is 18. The summed E-state index contributed by atoms with van der Waals surface area (Å²) < 4.78 is 0. The van der Waals surface area contributed by atoms with Gasteiger partial charge in [-0.25, -0.2) is 0 Å². The predicted molar refractivity (Wildman–Crippen MR) is 146 cm³/mol. The zero-order valence-corrected chi connectivity index (χ0v) is 22.4. The minimum absolute atomic E-state index is 0.0121. The van der Waals surface area contributed by atoms with E-state index in [1.807, 2.05) is 4.90 Å². The van der Waals surface area contributed by atoms with E-state index in [0.717, 1.165) is 32.1 Å². The highest BCUT2D eigenvalue weighted by Gasteiger charge is 2.15. The molecular weight excluding hydrogens is 420 g/mol. The molecule has 1 saturated heterocycles. The SMILES string of the molecule is C[C@H](CO)NC(=O)CCC/C=C\C/C=C\C/C=C\C/C=C\C(C)(C)CCCC[NH+]1CCCCC1. The second-order valence-corrected chi connectivity index (χ2v) is 10.6. The summed E-state index contributed by atoms with van der Waals surface area (Å²) in [5, 5.41) is 11.7. The van der Waals surface area contributed by atoms with E-state index in [1.165, 1.54) is 58.2 Å². The average molecular weight is 474 g/mol. The molecule has 1 fully saturated rings. The fraction of sp³-hybridized carbons (Fsp3) is 0.700. The number of unbranched alkanes of at least 4 members (excludes halogenated alkanes) is 2. The molecule has 0 saturated carbocycles. The summed E-state index contributed by atoms with van der Waals surface area (Å²) in [5.41, 5.74) is 0.305. The van der Waals surface area contributed by atoms with Gasteiger partial charge in [0.05, 0.1) is 26.2 Å². The topological polar surface area (TPSA) is 53.8 Å². The van der Waals surface area contributed by atoms with Crippen molar-refractivity contribution >= 4 is 5.91 Å². The number of carbonyl (C=O) groups excluding carboxylic acids is 1. The molecule has 0 spiro atoms. The summed E-state index contributed by atoms with van der Waals surface area (Å²) in [7, 11) is 0. The Kier molecular flexibility index (Phi) is 17.5. The summed E-state index contributed by atoms with van der Waals surface area (Å²) >= 11 is 0. The number of aliphatic hydroxyl groups excluding tert-OH is 1. The first kappa shape index (κ1) is 30.4. The number of quaternary nitrogens is 1. The monoisotopic (exact) mass is 473 g/mol. The Morgan fingerprint density at radius 3 is 2.18 bits per heavy atom. The molecule has 0 bridgehead atoms. The number of aliphatic hydroxyl groups is 1. The van der Waals surface area contributed by atoms with Crippen molar-refractivity contribution < 1.29 is 14.8 Å². The molecule has 0 aromatic heterocycles. The van der Waals surface area contributed by atoms with Gasteiger partial charge >= 0.3 is 0 Å². The highest BCUT2D eigenvalue weighted by Crippen LogP contribution is 2.25. The lowest BCUT2D eigenvalue weighted by Gasteiger charge is -2.24. The van der Waals surface area contributed by atoms with Crippen molar-refractivity contribution in [3.63, 3.8) is 0 Å².